The number of hydrogen-bond donors (Lipinski definition) is 1. The number of nitrogens with zero attached hydrogens (tertiary/aromatic N) is 3. The Labute approximate surface area is 184 Å². The predicted octanol–water partition coefficient (Wildman–Crippen LogP) is 3.37. The Morgan fingerprint density at radius 3 is 2.61 bits per heavy atom. The van der Waals surface area contributed by atoms with E-state index in [9.17, 15) is 13.2 Å². The van der Waals surface area contributed by atoms with Gasteiger partial charge in [-0.05, 0) is 43.2 Å². The van der Waals surface area contributed by atoms with Gasteiger partial charge < -0.3 is 9.26 Å². The summed E-state index contributed by atoms with van der Waals surface area (Å²) in [4.78, 5) is 17.7. The van der Waals surface area contributed by atoms with Crippen LogP contribution < -0.4 is 14.4 Å². The summed E-state index contributed by atoms with van der Waals surface area (Å²) in [6.45, 7) is 5.26. The van der Waals surface area contributed by atoms with Crippen molar-refractivity contribution in [1.29, 1.82) is 0 Å². The van der Waals surface area contributed by atoms with Gasteiger partial charge in [-0.25, -0.2) is 8.42 Å². The minimum absolute atomic E-state index is 0.0376. The van der Waals surface area contributed by atoms with Gasteiger partial charge in [-0.3, -0.25) is 14.4 Å². The second-order valence-electron chi connectivity index (χ2n) is 7.15. The number of rotatable bonds is 5. The average Bonchev–Trinajstić information content (AvgIpc) is 3.11. The van der Waals surface area contributed by atoms with E-state index in [0.29, 0.717) is 23.1 Å². The molecule has 1 N–H and O–H groups in total. The van der Waals surface area contributed by atoms with Crippen LogP contribution >= 0.6 is 11.6 Å². The Bertz CT molecular complexity index is 1290. The molecule has 1 aromatic heterocycles. The SMILES string of the molecule is Cc1nc(CN2C(=O)COc3cc(S(=O)(=O)Nc4ccc(C)c(C)c4)c(Cl)cc32)no1. The van der Waals surface area contributed by atoms with E-state index >= 15 is 0 Å². The molecule has 11 heteroatoms. The van der Waals surface area contributed by atoms with Crippen molar-refractivity contribution < 1.29 is 22.5 Å². The standard InChI is InChI=1S/C20H19ClN4O5S/c1-11-4-5-14(6-12(11)2)24-31(27,28)18-8-17-16(7-15(18)21)25(20(26)10-29-17)9-19-22-13(3)30-23-19/h4-8,24H,9-10H2,1-3H3. The van der Waals surface area contributed by atoms with Crippen molar-refractivity contribution in [2.45, 2.75) is 32.2 Å². The van der Waals surface area contributed by atoms with Crippen molar-refractivity contribution in [3.8, 4) is 5.75 Å². The zero-order chi connectivity index (χ0) is 22.3. The molecule has 1 amide bonds. The fourth-order valence-corrected chi connectivity index (χ4v) is 4.73. The van der Waals surface area contributed by atoms with Crippen LogP contribution in [0, 0.1) is 20.8 Å². The Balaban J connectivity index is 1.68. The Hall–Kier alpha value is -3.11. The van der Waals surface area contributed by atoms with E-state index in [1.807, 2.05) is 19.9 Å². The molecule has 2 heterocycles. The monoisotopic (exact) mass is 462 g/mol. The van der Waals surface area contributed by atoms with E-state index in [4.69, 9.17) is 20.9 Å². The molecular weight excluding hydrogens is 444 g/mol. The van der Waals surface area contributed by atoms with Crippen molar-refractivity contribution in [2.75, 3.05) is 16.2 Å². The molecule has 0 radical (unpaired) electrons. The number of carbonyl (C=O) groups excluding carboxylic acids is 1. The third-order valence-electron chi connectivity index (χ3n) is 4.87. The van der Waals surface area contributed by atoms with Gasteiger partial charge in [0.05, 0.1) is 17.3 Å². The van der Waals surface area contributed by atoms with Crippen LogP contribution in [0.4, 0.5) is 11.4 Å². The normalized spacial score (nSPS) is 13.7. The van der Waals surface area contributed by atoms with Crippen molar-refractivity contribution >= 4 is 38.9 Å². The van der Waals surface area contributed by atoms with Crippen LogP contribution in [0.5, 0.6) is 5.75 Å². The quantitative estimate of drug-likeness (QED) is 0.618. The minimum Gasteiger partial charge on any atom is -0.482 e. The predicted molar refractivity (Wildman–Crippen MR) is 114 cm³/mol. The van der Waals surface area contributed by atoms with Crippen molar-refractivity contribution in [2.24, 2.45) is 0 Å². The summed E-state index contributed by atoms with van der Waals surface area (Å²) in [5, 5.41) is 3.74. The van der Waals surface area contributed by atoms with Gasteiger partial charge in [0.15, 0.2) is 12.4 Å². The van der Waals surface area contributed by atoms with Gasteiger partial charge in [0.25, 0.3) is 15.9 Å². The second kappa shape index (κ2) is 7.86. The molecule has 4 rings (SSSR count). The van der Waals surface area contributed by atoms with Crippen LogP contribution in [-0.2, 0) is 21.4 Å². The lowest BCUT2D eigenvalue weighted by Gasteiger charge is -2.29. The Kier molecular flexibility index (Phi) is 5.36. The molecule has 0 fully saturated rings. The minimum atomic E-state index is -4.00. The average molecular weight is 463 g/mol. The lowest BCUT2D eigenvalue weighted by Crippen LogP contribution is -2.38. The number of nitrogens with one attached hydrogen (secondary N) is 1. The van der Waals surface area contributed by atoms with Gasteiger partial charge in [-0.15, -0.1) is 0 Å². The van der Waals surface area contributed by atoms with Crippen LogP contribution in [0.2, 0.25) is 5.02 Å². The maximum atomic E-state index is 13.0. The van der Waals surface area contributed by atoms with Crippen molar-refractivity contribution in [3.63, 3.8) is 0 Å². The number of sulfonamides is 1. The lowest BCUT2D eigenvalue weighted by atomic mass is 10.1. The molecule has 0 spiro atoms. The fraction of sp³-hybridized carbons (Fsp3) is 0.250. The molecule has 162 valence electrons. The Morgan fingerprint density at radius 2 is 1.94 bits per heavy atom. The number of amides is 1. The van der Waals surface area contributed by atoms with Gasteiger partial charge in [-0.1, -0.05) is 22.8 Å². The Morgan fingerprint density at radius 1 is 1.16 bits per heavy atom. The van der Waals surface area contributed by atoms with E-state index in [0.717, 1.165) is 11.1 Å². The summed E-state index contributed by atoms with van der Waals surface area (Å²) < 4.78 is 38.9. The van der Waals surface area contributed by atoms with Gasteiger partial charge >= 0.3 is 0 Å². The first-order valence-corrected chi connectivity index (χ1v) is 11.2. The molecule has 0 atom stereocenters. The van der Waals surface area contributed by atoms with E-state index in [2.05, 4.69) is 14.9 Å². The number of benzene rings is 2. The molecule has 0 unspecified atom stereocenters. The van der Waals surface area contributed by atoms with Gasteiger partial charge in [0, 0.05) is 18.7 Å². The third kappa shape index (κ3) is 4.21. The number of hydrogen-bond acceptors (Lipinski definition) is 7. The van der Waals surface area contributed by atoms with Crippen molar-refractivity contribution in [1.82, 2.24) is 10.1 Å². The van der Waals surface area contributed by atoms with E-state index in [1.165, 1.54) is 17.0 Å². The summed E-state index contributed by atoms with van der Waals surface area (Å²) in [6.07, 6.45) is 0. The molecular formula is C20H19ClN4O5S. The maximum absolute atomic E-state index is 13.0. The van der Waals surface area contributed by atoms with E-state index < -0.39 is 10.0 Å². The van der Waals surface area contributed by atoms with Crippen LogP contribution in [0.1, 0.15) is 22.8 Å². The number of aromatic nitrogens is 2. The zero-order valence-corrected chi connectivity index (χ0v) is 18.5. The molecule has 1 aliphatic heterocycles. The topological polar surface area (TPSA) is 115 Å². The van der Waals surface area contributed by atoms with Gasteiger partial charge in [0.2, 0.25) is 5.89 Å². The molecule has 0 saturated heterocycles. The molecule has 9 nitrogen and oxygen atoms in total. The summed E-state index contributed by atoms with van der Waals surface area (Å²) in [5.74, 6) is 0.551. The van der Waals surface area contributed by atoms with Crippen LogP contribution in [-0.4, -0.2) is 31.1 Å². The molecule has 3 aromatic rings. The maximum Gasteiger partial charge on any atom is 0.265 e. The summed E-state index contributed by atoms with van der Waals surface area (Å²) in [5.41, 5.74) is 2.74. The van der Waals surface area contributed by atoms with Crippen LogP contribution in [0.25, 0.3) is 0 Å². The van der Waals surface area contributed by atoms with E-state index in [1.54, 1.807) is 19.1 Å². The number of ether oxygens (including phenoxy) is 1. The first-order chi connectivity index (χ1) is 14.6. The number of halogens is 1. The second-order valence-corrected chi connectivity index (χ2v) is 9.21. The lowest BCUT2D eigenvalue weighted by molar-refractivity contribution is -0.121. The summed E-state index contributed by atoms with van der Waals surface area (Å²) in [7, 11) is -4.00. The highest BCUT2D eigenvalue weighted by molar-refractivity contribution is 7.92. The molecule has 0 saturated carbocycles. The molecule has 2 aromatic carbocycles. The fourth-order valence-electron chi connectivity index (χ4n) is 3.14. The highest BCUT2D eigenvalue weighted by atomic mass is 35.5. The van der Waals surface area contributed by atoms with Crippen LogP contribution in [0.15, 0.2) is 39.8 Å². The number of fused-ring (bicyclic) bond motifs is 1. The number of anilines is 2. The molecule has 0 bridgehead atoms. The van der Waals surface area contributed by atoms with E-state index in [-0.39, 0.29) is 34.7 Å². The molecule has 31 heavy (non-hydrogen) atoms. The molecule has 0 aliphatic carbocycles. The largest absolute Gasteiger partial charge is 0.482 e. The molecule has 1 aliphatic rings. The summed E-state index contributed by atoms with van der Waals surface area (Å²) >= 11 is 6.33. The first kappa shape index (κ1) is 21.1. The zero-order valence-electron chi connectivity index (χ0n) is 17.0. The number of aryl methyl sites for hydroxylation is 3. The van der Waals surface area contributed by atoms with Gasteiger partial charge in [0.1, 0.15) is 10.6 Å². The highest BCUT2D eigenvalue weighted by Crippen LogP contribution is 2.39. The number of carbonyl (C=O) groups is 1. The first-order valence-electron chi connectivity index (χ1n) is 9.30. The smallest absolute Gasteiger partial charge is 0.265 e. The van der Waals surface area contributed by atoms with Crippen LogP contribution in [0.3, 0.4) is 0 Å². The third-order valence-corrected chi connectivity index (χ3v) is 6.72. The van der Waals surface area contributed by atoms with Crippen molar-refractivity contribution in [3.05, 3.63) is 58.2 Å². The van der Waals surface area contributed by atoms with Gasteiger partial charge in [-0.2, -0.15) is 4.98 Å². The highest BCUT2D eigenvalue weighted by Gasteiger charge is 2.30. The summed E-state index contributed by atoms with van der Waals surface area (Å²) in [6, 6.07) is 7.94.